The van der Waals surface area contributed by atoms with Gasteiger partial charge in [-0.2, -0.15) is 0 Å². The average Bonchev–Trinajstić information content (AvgIpc) is 3.23. The van der Waals surface area contributed by atoms with Crippen LogP contribution in [0.2, 0.25) is 9.10 Å². The van der Waals surface area contributed by atoms with Crippen molar-refractivity contribution >= 4 is 20.4 Å². The Hall–Kier alpha value is -0.534. The molecule has 0 amide bonds. The van der Waals surface area contributed by atoms with E-state index in [2.05, 4.69) is 33.8 Å². The van der Waals surface area contributed by atoms with E-state index in [1.165, 1.54) is 28.5 Å². The van der Waals surface area contributed by atoms with Gasteiger partial charge in [0.2, 0.25) is 6.79 Å². The van der Waals surface area contributed by atoms with Crippen LogP contribution in [0.5, 0.6) is 11.5 Å². The third kappa shape index (κ3) is 13.6. The standard InChI is InChI=1S/C19H30O5.C4H9.C2H5.Mg/c1-3-5-7-20-8-9-21-10-11-22-14-17-13-19-18(23-15-24-19)12-16(17)6-4-2;1-3-4-2;1-2;/h12-13H,3-11,14-15H2,1-2H3;1,3-4H2,2H3;1H2,2H3;. The molecule has 0 N–H and O–H groups in total. The molecule has 2 rings (SSSR count). The normalized spacial score (nSPS) is 11.7. The highest BCUT2D eigenvalue weighted by atomic mass is 24.5. The summed E-state index contributed by atoms with van der Waals surface area (Å²) in [6.45, 7) is 13.0. The molecule has 0 radical (unpaired) electrons. The fourth-order valence-electron chi connectivity index (χ4n) is 3.21. The molecule has 6 heteroatoms. The number of ether oxygens (including phenoxy) is 5. The van der Waals surface area contributed by atoms with Gasteiger partial charge in [0, 0.05) is 6.61 Å². The first kappa shape index (κ1) is 28.5. The predicted molar refractivity (Wildman–Crippen MR) is 129 cm³/mol. The minimum atomic E-state index is 0.305. The third-order valence-corrected chi connectivity index (χ3v) is 6.77. The van der Waals surface area contributed by atoms with Gasteiger partial charge in [-0.05, 0) is 36.1 Å². The molecule has 0 spiro atoms. The van der Waals surface area contributed by atoms with Crippen molar-refractivity contribution in [2.24, 2.45) is 0 Å². The molecule has 1 aliphatic rings. The Morgan fingerprint density at radius 2 is 1.35 bits per heavy atom. The Morgan fingerprint density at radius 3 is 1.97 bits per heavy atom. The fourth-order valence-corrected chi connectivity index (χ4v) is 4.56. The zero-order valence-corrected chi connectivity index (χ0v) is 21.9. The Morgan fingerprint density at radius 1 is 0.742 bits per heavy atom. The van der Waals surface area contributed by atoms with Gasteiger partial charge in [-0.25, -0.2) is 0 Å². The van der Waals surface area contributed by atoms with Crippen molar-refractivity contribution in [3.8, 4) is 11.5 Å². The molecule has 0 saturated carbocycles. The van der Waals surface area contributed by atoms with E-state index in [0.717, 1.165) is 43.8 Å². The number of aryl methyl sites for hydroxylation is 1. The molecule has 176 valence electrons. The molecule has 1 aliphatic heterocycles. The van der Waals surface area contributed by atoms with Crippen molar-refractivity contribution in [3.05, 3.63) is 23.3 Å². The lowest BCUT2D eigenvalue weighted by atomic mass is 10.0. The molecule has 1 aromatic carbocycles. The van der Waals surface area contributed by atoms with Crippen LogP contribution in [-0.2, 0) is 27.2 Å². The van der Waals surface area contributed by atoms with Gasteiger partial charge in [0.25, 0.3) is 0 Å². The molecule has 31 heavy (non-hydrogen) atoms. The zero-order valence-electron chi connectivity index (χ0n) is 20.5. The minimum absolute atomic E-state index is 0.305. The summed E-state index contributed by atoms with van der Waals surface area (Å²) < 4.78 is 30.7. The first-order chi connectivity index (χ1) is 15.3. The minimum Gasteiger partial charge on any atom is -0.454 e. The average molecular weight is 449 g/mol. The van der Waals surface area contributed by atoms with Gasteiger partial charge in [0.1, 0.15) is 0 Å². The lowest BCUT2D eigenvalue weighted by Gasteiger charge is -2.11. The highest BCUT2D eigenvalue weighted by molar-refractivity contribution is 6.35. The quantitative estimate of drug-likeness (QED) is 0.214. The van der Waals surface area contributed by atoms with Gasteiger partial charge in [-0.1, -0.05) is 53.4 Å². The molecule has 0 fully saturated rings. The molecular formula is C25H44MgO5. The summed E-state index contributed by atoms with van der Waals surface area (Å²) in [6.07, 6.45) is 7.26. The molecule has 0 saturated heterocycles. The van der Waals surface area contributed by atoms with E-state index in [-0.39, 0.29) is 0 Å². The maximum Gasteiger partial charge on any atom is 0.363 e. The number of fused-ring (bicyclic) bond motifs is 1. The van der Waals surface area contributed by atoms with Gasteiger partial charge in [0.15, 0.2) is 11.5 Å². The second-order valence-electron chi connectivity index (χ2n) is 7.92. The molecule has 1 heterocycles. The van der Waals surface area contributed by atoms with Gasteiger partial charge in [-0.15, -0.1) is 9.10 Å². The Balaban J connectivity index is 0.000000592. The SMILES string of the molecule is CCCCOCCOCCOCc1cc2c(cc1CCC)OCO2.CCC[CH2][Mg][CH2]C. The summed E-state index contributed by atoms with van der Waals surface area (Å²) in [5.41, 5.74) is 2.44. The van der Waals surface area contributed by atoms with Crippen LogP contribution in [0.3, 0.4) is 0 Å². The van der Waals surface area contributed by atoms with Crippen molar-refractivity contribution in [1.29, 1.82) is 0 Å². The first-order valence-electron chi connectivity index (χ1n) is 12.4. The second kappa shape index (κ2) is 20.1. The summed E-state index contributed by atoms with van der Waals surface area (Å²) >= 11 is 0.411. The molecular weight excluding hydrogens is 405 g/mol. The van der Waals surface area contributed by atoms with Crippen LogP contribution in [0.25, 0.3) is 0 Å². The molecule has 5 nitrogen and oxygen atoms in total. The van der Waals surface area contributed by atoms with Crippen molar-refractivity contribution in [1.82, 2.24) is 0 Å². The van der Waals surface area contributed by atoms with Crippen LogP contribution in [0.4, 0.5) is 0 Å². The number of unbranched alkanes of at least 4 members (excludes halogenated alkanes) is 2. The van der Waals surface area contributed by atoms with E-state index >= 15 is 0 Å². The number of hydrogen-bond acceptors (Lipinski definition) is 5. The summed E-state index contributed by atoms with van der Waals surface area (Å²) in [6, 6.07) is 4.12. The molecule has 0 aromatic heterocycles. The zero-order chi connectivity index (χ0) is 22.6. The summed E-state index contributed by atoms with van der Waals surface area (Å²) in [4.78, 5) is 0. The van der Waals surface area contributed by atoms with E-state index in [9.17, 15) is 0 Å². The third-order valence-electron chi connectivity index (χ3n) is 5.07. The van der Waals surface area contributed by atoms with Crippen LogP contribution in [0.15, 0.2) is 12.1 Å². The van der Waals surface area contributed by atoms with Gasteiger partial charge >= 0.3 is 20.4 Å². The highest BCUT2D eigenvalue weighted by Crippen LogP contribution is 2.35. The van der Waals surface area contributed by atoms with Gasteiger partial charge < -0.3 is 23.7 Å². The van der Waals surface area contributed by atoms with Crippen molar-refractivity contribution in [2.45, 2.75) is 81.9 Å². The Kier molecular flexibility index (Phi) is 18.5. The fraction of sp³-hybridized carbons (Fsp3) is 0.760. The predicted octanol–water partition coefficient (Wildman–Crippen LogP) is 6.06. The van der Waals surface area contributed by atoms with Crippen LogP contribution in [0.1, 0.15) is 70.9 Å². The van der Waals surface area contributed by atoms with Crippen molar-refractivity contribution in [3.63, 3.8) is 0 Å². The molecule has 1 aromatic rings. The van der Waals surface area contributed by atoms with E-state index in [1.807, 2.05) is 6.07 Å². The number of rotatable bonds is 17. The van der Waals surface area contributed by atoms with Crippen LogP contribution in [0, 0.1) is 0 Å². The molecule has 0 aliphatic carbocycles. The van der Waals surface area contributed by atoms with E-state index < -0.39 is 0 Å². The summed E-state index contributed by atoms with van der Waals surface area (Å²) in [5.74, 6) is 1.66. The topological polar surface area (TPSA) is 46.2 Å². The van der Waals surface area contributed by atoms with Crippen LogP contribution in [-0.4, -0.2) is 60.2 Å². The summed E-state index contributed by atoms with van der Waals surface area (Å²) in [7, 11) is 0. The lowest BCUT2D eigenvalue weighted by molar-refractivity contribution is 0.0101. The summed E-state index contributed by atoms with van der Waals surface area (Å²) in [5, 5.41) is 0. The molecule has 0 unspecified atom stereocenters. The Bertz CT molecular complexity index is 549. The first-order valence-corrected chi connectivity index (χ1v) is 14.4. The molecule has 0 atom stereocenters. The number of hydrogen-bond donors (Lipinski definition) is 0. The molecule has 0 bridgehead atoms. The smallest absolute Gasteiger partial charge is 0.363 e. The van der Waals surface area contributed by atoms with E-state index in [0.29, 0.717) is 60.2 Å². The van der Waals surface area contributed by atoms with Gasteiger partial charge in [0.05, 0.1) is 33.0 Å². The van der Waals surface area contributed by atoms with Crippen molar-refractivity contribution in [2.75, 3.05) is 39.8 Å². The van der Waals surface area contributed by atoms with Crippen molar-refractivity contribution < 1.29 is 23.7 Å². The van der Waals surface area contributed by atoms with Gasteiger partial charge in [-0.3, -0.25) is 0 Å². The monoisotopic (exact) mass is 448 g/mol. The van der Waals surface area contributed by atoms with Crippen LogP contribution < -0.4 is 9.47 Å². The second-order valence-corrected chi connectivity index (χ2v) is 10.3. The van der Waals surface area contributed by atoms with Crippen LogP contribution >= 0.6 is 0 Å². The largest absolute Gasteiger partial charge is 0.454 e. The van der Waals surface area contributed by atoms with E-state index in [1.54, 1.807) is 4.55 Å². The number of benzene rings is 1. The maximum atomic E-state index is 5.75. The van der Waals surface area contributed by atoms with E-state index in [4.69, 9.17) is 23.7 Å². The lowest BCUT2D eigenvalue weighted by Crippen LogP contribution is -2.10. The Labute approximate surface area is 200 Å². The highest BCUT2D eigenvalue weighted by Gasteiger charge is 2.16. The maximum absolute atomic E-state index is 5.75.